The summed E-state index contributed by atoms with van der Waals surface area (Å²) < 4.78 is 5.32. The van der Waals surface area contributed by atoms with Crippen molar-refractivity contribution in [3.8, 4) is 0 Å². The minimum Gasteiger partial charge on any atom is -0.365 e. The summed E-state index contributed by atoms with van der Waals surface area (Å²) in [5.41, 5.74) is 10.2. The zero-order chi connectivity index (χ0) is 13.7. The van der Waals surface area contributed by atoms with E-state index in [0.717, 1.165) is 28.1 Å². The zero-order valence-electron chi connectivity index (χ0n) is 10.2. The maximum atomic E-state index is 5.87. The molecule has 0 amide bonds. The van der Waals surface area contributed by atoms with Crippen LogP contribution in [0.3, 0.4) is 0 Å². The van der Waals surface area contributed by atoms with Gasteiger partial charge in [-0.3, -0.25) is 9.78 Å². The minimum atomic E-state index is 0.263. The summed E-state index contributed by atoms with van der Waals surface area (Å²) in [6, 6.07) is 8.11. The lowest BCUT2D eigenvalue weighted by molar-refractivity contribution is -0.206. The SMILES string of the molecule is NC1=C2C3=C(C=[N+]=C3)NC(c3ccc(I)cc3)=C2OO1. The molecule has 3 aliphatic heterocycles. The molecule has 3 aliphatic rings. The first-order valence-electron chi connectivity index (χ1n) is 5.97. The van der Waals surface area contributed by atoms with Crippen molar-refractivity contribution in [2.45, 2.75) is 0 Å². The molecular weight excluding hydrogens is 369 g/mol. The molecular formula is C14H9IN3O2+. The third-order valence-electron chi connectivity index (χ3n) is 3.27. The van der Waals surface area contributed by atoms with Gasteiger partial charge in [-0.15, -0.1) is 0 Å². The fraction of sp³-hybridized carbons (Fsp3) is 0. The number of nitrogens with zero attached hydrogens (tertiary/aromatic N) is 1. The Balaban J connectivity index is 1.89. The minimum absolute atomic E-state index is 0.263. The van der Waals surface area contributed by atoms with Crippen LogP contribution in [0.4, 0.5) is 0 Å². The first kappa shape index (κ1) is 11.6. The average molecular weight is 378 g/mol. The number of allylic oxidation sites excluding steroid dienone is 2. The Morgan fingerprint density at radius 1 is 1.10 bits per heavy atom. The Morgan fingerprint density at radius 2 is 1.90 bits per heavy atom. The van der Waals surface area contributed by atoms with Crippen LogP contribution < -0.4 is 15.7 Å². The Hall–Kier alpha value is -2.18. The fourth-order valence-corrected chi connectivity index (χ4v) is 2.70. The molecule has 0 atom stereocenters. The second-order valence-electron chi connectivity index (χ2n) is 4.48. The molecule has 0 saturated heterocycles. The van der Waals surface area contributed by atoms with Crippen LogP contribution in [0.1, 0.15) is 5.56 Å². The van der Waals surface area contributed by atoms with E-state index < -0.39 is 0 Å². The van der Waals surface area contributed by atoms with Gasteiger partial charge in [0.2, 0.25) is 5.76 Å². The van der Waals surface area contributed by atoms with Gasteiger partial charge in [-0.25, -0.2) is 0 Å². The van der Waals surface area contributed by atoms with Crippen LogP contribution >= 0.6 is 22.6 Å². The quantitative estimate of drug-likeness (QED) is 0.438. The largest absolute Gasteiger partial charge is 0.365 e. The van der Waals surface area contributed by atoms with Crippen molar-refractivity contribution in [3.63, 3.8) is 0 Å². The Labute approximate surface area is 128 Å². The van der Waals surface area contributed by atoms with Gasteiger partial charge < -0.3 is 11.1 Å². The summed E-state index contributed by atoms with van der Waals surface area (Å²) in [7, 11) is 0. The van der Waals surface area contributed by atoms with Gasteiger partial charge in [-0.1, -0.05) is 16.8 Å². The van der Waals surface area contributed by atoms with Crippen molar-refractivity contribution in [2.24, 2.45) is 5.73 Å². The lowest BCUT2D eigenvalue weighted by Crippen LogP contribution is -2.22. The van der Waals surface area contributed by atoms with Crippen molar-refractivity contribution in [2.75, 3.05) is 0 Å². The molecule has 0 fully saturated rings. The number of hydrogen-bond donors (Lipinski definition) is 2. The molecule has 0 saturated carbocycles. The van der Waals surface area contributed by atoms with Gasteiger partial charge in [0.25, 0.3) is 5.88 Å². The van der Waals surface area contributed by atoms with E-state index in [1.54, 1.807) is 12.4 Å². The summed E-state index contributed by atoms with van der Waals surface area (Å²) in [5, 5.41) is 3.32. The van der Waals surface area contributed by atoms with Crippen LogP contribution in [0, 0.1) is 3.57 Å². The van der Waals surface area contributed by atoms with E-state index in [2.05, 4.69) is 32.6 Å². The molecule has 0 aliphatic carbocycles. The number of nitrogens with one attached hydrogen (secondary N) is 1. The van der Waals surface area contributed by atoms with Crippen LogP contribution in [-0.2, 0) is 9.78 Å². The van der Waals surface area contributed by atoms with Gasteiger partial charge in [0.1, 0.15) is 16.8 Å². The average Bonchev–Trinajstić information content (AvgIpc) is 3.05. The molecule has 98 valence electrons. The van der Waals surface area contributed by atoms with Gasteiger partial charge in [0.15, 0.2) is 0 Å². The third-order valence-corrected chi connectivity index (χ3v) is 3.99. The van der Waals surface area contributed by atoms with E-state index in [4.69, 9.17) is 15.5 Å². The summed E-state index contributed by atoms with van der Waals surface area (Å²) in [6.45, 7) is 0. The van der Waals surface area contributed by atoms with E-state index in [-0.39, 0.29) is 5.88 Å². The number of dihydropyridines is 1. The van der Waals surface area contributed by atoms with Gasteiger partial charge >= 0.3 is 12.4 Å². The fourth-order valence-electron chi connectivity index (χ4n) is 2.34. The van der Waals surface area contributed by atoms with Gasteiger partial charge in [0.05, 0.1) is 5.70 Å². The topological polar surface area (TPSA) is 70.6 Å². The second-order valence-corrected chi connectivity index (χ2v) is 5.72. The lowest BCUT2D eigenvalue weighted by atomic mass is 9.96. The molecule has 20 heavy (non-hydrogen) atoms. The zero-order valence-corrected chi connectivity index (χ0v) is 12.3. The molecule has 0 bridgehead atoms. The number of rotatable bonds is 1. The smallest absolute Gasteiger partial charge is 0.316 e. The molecule has 0 spiro atoms. The maximum Gasteiger partial charge on any atom is 0.316 e. The molecule has 0 radical (unpaired) electrons. The normalized spacial score (nSPS) is 18.9. The summed E-state index contributed by atoms with van der Waals surface area (Å²) in [4.78, 5) is 10.3. The van der Waals surface area contributed by atoms with Crippen molar-refractivity contribution < 1.29 is 9.78 Å². The highest BCUT2D eigenvalue weighted by molar-refractivity contribution is 14.1. The third kappa shape index (κ3) is 1.59. The standard InChI is InChI=1S/C14H8IN3O2/c15-8-3-1-7(2-4-8)12-13-11(14(16)20-19-13)9-5-17-6-10(9)18-12/h1-6H,(H2,16,17,18)/p+1. The molecule has 5 nitrogen and oxygen atoms in total. The van der Waals surface area contributed by atoms with Crippen molar-refractivity contribution >= 4 is 40.7 Å². The number of halogens is 1. The van der Waals surface area contributed by atoms with Crippen molar-refractivity contribution in [1.82, 2.24) is 9.98 Å². The Morgan fingerprint density at radius 3 is 2.70 bits per heavy atom. The van der Waals surface area contributed by atoms with E-state index >= 15 is 0 Å². The van der Waals surface area contributed by atoms with Crippen molar-refractivity contribution in [1.29, 1.82) is 0 Å². The summed E-state index contributed by atoms with van der Waals surface area (Å²) in [5.74, 6) is 0.864. The molecule has 4 rings (SSSR count). The molecule has 0 aromatic heterocycles. The number of fused-ring (bicyclic) bond motifs is 2. The van der Waals surface area contributed by atoms with Gasteiger partial charge in [0, 0.05) is 9.13 Å². The second kappa shape index (κ2) is 4.16. The number of benzene rings is 1. The van der Waals surface area contributed by atoms with E-state index in [9.17, 15) is 0 Å². The molecule has 1 aromatic carbocycles. The first-order valence-corrected chi connectivity index (χ1v) is 7.05. The number of hydrogen-bond acceptors (Lipinski definition) is 4. The van der Waals surface area contributed by atoms with E-state index in [0.29, 0.717) is 5.76 Å². The summed E-state index contributed by atoms with van der Waals surface area (Å²) >= 11 is 2.27. The van der Waals surface area contributed by atoms with Gasteiger partial charge in [-0.05, 0) is 34.7 Å². The highest BCUT2D eigenvalue weighted by Gasteiger charge is 2.39. The van der Waals surface area contributed by atoms with Crippen LogP contribution in [-0.4, -0.2) is 12.4 Å². The van der Waals surface area contributed by atoms with Crippen LogP contribution in [0.25, 0.3) is 5.70 Å². The predicted octanol–water partition coefficient (Wildman–Crippen LogP) is 1.17. The molecule has 0 unspecified atom stereocenters. The highest BCUT2D eigenvalue weighted by atomic mass is 127. The van der Waals surface area contributed by atoms with Crippen LogP contribution in [0.2, 0.25) is 0 Å². The first-order chi connectivity index (χ1) is 9.74. The Kier molecular flexibility index (Phi) is 2.42. The summed E-state index contributed by atoms with van der Waals surface area (Å²) in [6.07, 6.45) is 3.50. The molecule has 6 heteroatoms. The van der Waals surface area contributed by atoms with E-state index in [1.807, 2.05) is 24.3 Å². The molecule has 3 N–H and O–H groups in total. The molecule has 3 heterocycles. The molecule has 1 aromatic rings. The number of nitrogens with two attached hydrogens (primary N) is 1. The van der Waals surface area contributed by atoms with Gasteiger partial charge in [-0.2, -0.15) is 0 Å². The van der Waals surface area contributed by atoms with E-state index in [1.165, 1.54) is 3.57 Å². The maximum absolute atomic E-state index is 5.87. The highest BCUT2D eigenvalue weighted by Crippen LogP contribution is 2.38. The van der Waals surface area contributed by atoms with Crippen molar-refractivity contribution in [3.05, 3.63) is 61.9 Å². The van der Waals surface area contributed by atoms with Crippen LogP contribution in [0.15, 0.2) is 52.8 Å². The predicted molar refractivity (Wildman–Crippen MR) is 83.9 cm³/mol. The monoisotopic (exact) mass is 378 g/mol. The lowest BCUT2D eigenvalue weighted by Gasteiger charge is -2.17. The Bertz CT molecular complexity index is 781. The van der Waals surface area contributed by atoms with Crippen LogP contribution in [0.5, 0.6) is 0 Å².